The number of anilines is 2. The first-order chi connectivity index (χ1) is 10.5. The molecule has 1 atom stereocenters. The van der Waals surface area contributed by atoms with Gasteiger partial charge in [0.05, 0.1) is 0 Å². The van der Waals surface area contributed by atoms with Crippen LogP contribution in [0.1, 0.15) is 39.5 Å². The Balaban J connectivity index is 1.91. The fourth-order valence-electron chi connectivity index (χ4n) is 2.91. The molecule has 0 aliphatic heterocycles. The second kappa shape index (κ2) is 7.35. The van der Waals surface area contributed by atoms with Gasteiger partial charge in [-0.15, -0.1) is 0 Å². The third-order valence-corrected chi connectivity index (χ3v) is 4.22. The summed E-state index contributed by atoms with van der Waals surface area (Å²) in [7, 11) is 0. The number of carbonyl (C=O) groups is 2. The number of pyridine rings is 1. The van der Waals surface area contributed by atoms with E-state index in [2.05, 4.69) is 15.6 Å². The molecule has 22 heavy (non-hydrogen) atoms. The molecular formula is C16H24N4O2. The highest BCUT2D eigenvalue weighted by molar-refractivity contribution is 5.93. The number of hydrogen-bond donors (Lipinski definition) is 3. The Kier molecular flexibility index (Phi) is 5.49. The molecule has 1 aliphatic carbocycles. The van der Waals surface area contributed by atoms with Gasteiger partial charge < -0.3 is 16.4 Å². The molecule has 2 amide bonds. The van der Waals surface area contributed by atoms with Crippen LogP contribution < -0.4 is 16.4 Å². The van der Waals surface area contributed by atoms with Gasteiger partial charge in [-0.2, -0.15) is 0 Å². The van der Waals surface area contributed by atoms with E-state index in [-0.39, 0.29) is 23.8 Å². The van der Waals surface area contributed by atoms with Gasteiger partial charge in [-0.1, -0.05) is 0 Å². The van der Waals surface area contributed by atoms with E-state index in [1.807, 2.05) is 6.92 Å². The smallest absolute Gasteiger partial charge is 0.227 e. The molecule has 1 aliphatic rings. The summed E-state index contributed by atoms with van der Waals surface area (Å²) in [6, 6.07) is 3.58. The zero-order valence-corrected chi connectivity index (χ0v) is 13.1. The third-order valence-electron chi connectivity index (χ3n) is 4.22. The Morgan fingerprint density at radius 1 is 1.27 bits per heavy atom. The van der Waals surface area contributed by atoms with Crippen LogP contribution in [0.2, 0.25) is 0 Å². The average Bonchev–Trinajstić information content (AvgIpc) is 2.47. The van der Waals surface area contributed by atoms with Crippen LogP contribution in [-0.2, 0) is 9.59 Å². The van der Waals surface area contributed by atoms with Crippen LogP contribution in [0, 0.1) is 11.8 Å². The summed E-state index contributed by atoms with van der Waals surface area (Å²) in [6.45, 7) is 3.45. The Labute approximate surface area is 130 Å². The fraction of sp³-hybridized carbons (Fsp3) is 0.562. The van der Waals surface area contributed by atoms with Crippen molar-refractivity contribution in [3.8, 4) is 0 Å². The molecule has 0 aromatic carbocycles. The van der Waals surface area contributed by atoms with E-state index in [1.165, 1.54) is 6.92 Å². The van der Waals surface area contributed by atoms with Crippen LogP contribution in [0.15, 0.2) is 18.3 Å². The Bertz CT molecular complexity index is 537. The first kappa shape index (κ1) is 16.4. The quantitative estimate of drug-likeness (QED) is 0.793. The molecule has 0 spiro atoms. The minimum atomic E-state index is -0.190. The van der Waals surface area contributed by atoms with E-state index in [9.17, 15) is 9.59 Å². The van der Waals surface area contributed by atoms with Crippen LogP contribution in [0.4, 0.5) is 11.5 Å². The van der Waals surface area contributed by atoms with E-state index in [0.717, 1.165) is 25.7 Å². The number of amides is 2. The topological polar surface area (TPSA) is 97.1 Å². The van der Waals surface area contributed by atoms with Crippen molar-refractivity contribution in [1.29, 1.82) is 0 Å². The first-order valence-corrected chi connectivity index (χ1v) is 7.76. The molecule has 1 fully saturated rings. The molecule has 0 bridgehead atoms. The zero-order valence-electron chi connectivity index (χ0n) is 13.1. The molecule has 6 heteroatoms. The minimum absolute atomic E-state index is 0.0306. The highest BCUT2D eigenvalue weighted by Gasteiger charge is 2.27. The van der Waals surface area contributed by atoms with E-state index < -0.39 is 0 Å². The highest BCUT2D eigenvalue weighted by atomic mass is 16.2. The van der Waals surface area contributed by atoms with E-state index in [1.54, 1.807) is 18.3 Å². The van der Waals surface area contributed by atoms with E-state index in [4.69, 9.17) is 5.73 Å². The van der Waals surface area contributed by atoms with Crippen molar-refractivity contribution >= 4 is 23.3 Å². The second-order valence-electron chi connectivity index (χ2n) is 6.07. The SMILES string of the molecule is CC(=O)Nc1cc(NC(=O)[C@H]2CC[C@H](C(C)N)CC2)ccn1. The standard InChI is InChI=1S/C16H24N4O2/c1-10(17)12-3-5-13(6-4-12)16(22)20-14-7-8-18-15(9-14)19-11(2)21/h7-10,12-13H,3-6,17H2,1-2H3,(H2,18,19,20,21,22)/t10?,12-,13-. The molecule has 1 heterocycles. The highest BCUT2D eigenvalue weighted by Crippen LogP contribution is 2.31. The predicted octanol–water partition coefficient (Wildman–Crippen LogP) is 2.13. The van der Waals surface area contributed by atoms with Crippen LogP contribution >= 0.6 is 0 Å². The summed E-state index contributed by atoms with van der Waals surface area (Å²) in [5.74, 6) is 0.836. The molecule has 1 aromatic heterocycles. The first-order valence-electron chi connectivity index (χ1n) is 7.76. The normalized spacial score (nSPS) is 22.7. The maximum atomic E-state index is 12.3. The van der Waals surface area contributed by atoms with Gasteiger partial charge in [0, 0.05) is 36.8 Å². The summed E-state index contributed by atoms with van der Waals surface area (Å²) < 4.78 is 0. The molecule has 120 valence electrons. The van der Waals surface area contributed by atoms with Crippen molar-refractivity contribution in [3.63, 3.8) is 0 Å². The second-order valence-corrected chi connectivity index (χ2v) is 6.07. The number of nitrogens with two attached hydrogens (primary N) is 1. The van der Waals surface area contributed by atoms with Crippen LogP contribution in [0.25, 0.3) is 0 Å². The number of aromatic nitrogens is 1. The maximum Gasteiger partial charge on any atom is 0.227 e. The van der Waals surface area contributed by atoms with Gasteiger partial charge in [-0.05, 0) is 44.6 Å². The van der Waals surface area contributed by atoms with Crippen molar-refractivity contribution < 1.29 is 9.59 Å². The lowest BCUT2D eigenvalue weighted by Gasteiger charge is -2.29. The summed E-state index contributed by atoms with van der Waals surface area (Å²) in [6.07, 6.45) is 5.32. The molecular weight excluding hydrogens is 280 g/mol. The van der Waals surface area contributed by atoms with Crippen LogP contribution in [-0.4, -0.2) is 22.8 Å². The summed E-state index contributed by atoms with van der Waals surface area (Å²) in [5.41, 5.74) is 6.58. The molecule has 1 unspecified atom stereocenters. The van der Waals surface area contributed by atoms with Gasteiger partial charge in [0.2, 0.25) is 11.8 Å². The van der Waals surface area contributed by atoms with Crippen molar-refractivity contribution in [2.75, 3.05) is 10.6 Å². The summed E-state index contributed by atoms with van der Waals surface area (Å²) >= 11 is 0. The number of rotatable bonds is 4. The van der Waals surface area contributed by atoms with Crippen molar-refractivity contribution in [2.45, 2.75) is 45.6 Å². The predicted molar refractivity (Wildman–Crippen MR) is 86.3 cm³/mol. The van der Waals surface area contributed by atoms with Gasteiger partial charge in [0.15, 0.2) is 0 Å². The maximum absolute atomic E-state index is 12.3. The van der Waals surface area contributed by atoms with E-state index >= 15 is 0 Å². The van der Waals surface area contributed by atoms with Crippen LogP contribution in [0.3, 0.4) is 0 Å². The van der Waals surface area contributed by atoms with Gasteiger partial charge in [-0.25, -0.2) is 4.98 Å². The lowest BCUT2D eigenvalue weighted by Crippen LogP contribution is -2.33. The monoisotopic (exact) mass is 304 g/mol. The summed E-state index contributed by atoms with van der Waals surface area (Å²) in [5, 5.41) is 5.51. The minimum Gasteiger partial charge on any atom is -0.328 e. The lowest BCUT2D eigenvalue weighted by atomic mass is 9.79. The average molecular weight is 304 g/mol. The molecule has 1 aromatic rings. The molecule has 0 saturated heterocycles. The number of nitrogens with one attached hydrogen (secondary N) is 2. The molecule has 4 N–H and O–H groups in total. The zero-order chi connectivity index (χ0) is 16.1. The number of hydrogen-bond acceptors (Lipinski definition) is 4. The Morgan fingerprint density at radius 3 is 2.55 bits per heavy atom. The largest absolute Gasteiger partial charge is 0.328 e. The van der Waals surface area contributed by atoms with Crippen molar-refractivity contribution in [1.82, 2.24) is 4.98 Å². The molecule has 1 saturated carbocycles. The Morgan fingerprint density at radius 2 is 1.95 bits per heavy atom. The Hall–Kier alpha value is -1.95. The van der Waals surface area contributed by atoms with Gasteiger partial charge in [-0.3, -0.25) is 9.59 Å². The summed E-state index contributed by atoms with van der Waals surface area (Å²) in [4.78, 5) is 27.4. The van der Waals surface area contributed by atoms with E-state index in [0.29, 0.717) is 17.4 Å². The van der Waals surface area contributed by atoms with Crippen molar-refractivity contribution in [3.05, 3.63) is 18.3 Å². The number of nitrogens with zero attached hydrogens (tertiary/aromatic N) is 1. The third kappa shape index (κ3) is 4.53. The molecule has 6 nitrogen and oxygen atoms in total. The van der Waals surface area contributed by atoms with Gasteiger partial charge >= 0.3 is 0 Å². The molecule has 0 radical (unpaired) electrons. The lowest BCUT2D eigenvalue weighted by molar-refractivity contribution is -0.121. The van der Waals surface area contributed by atoms with Gasteiger partial charge in [0.1, 0.15) is 5.82 Å². The van der Waals surface area contributed by atoms with Crippen molar-refractivity contribution in [2.24, 2.45) is 17.6 Å². The fourth-order valence-corrected chi connectivity index (χ4v) is 2.91. The van der Waals surface area contributed by atoms with Crippen LogP contribution in [0.5, 0.6) is 0 Å². The number of carbonyl (C=O) groups excluding carboxylic acids is 2. The molecule has 2 rings (SSSR count). The van der Waals surface area contributed by atoms with Gasteiger partial charge in [0.25, 0.3) is 0 Å².